The van der Waals surface area contributed by atoms with Gasteiger partial charge in [0.05, 0.1) is 18.3 Å². The third-order valence-electron chi connectivity index (χ3n) is 13.0. The minimum Gasteiger partial charge on any atom is -0.459 e. The van der Waals surface area contributed by atoms with E-state index in [1.165, 1.54) is 12.8 Å². The van der Waals surface area contributed by atoms with E-state index in [-0.39, 0.29) is 40.8 Å². The van der Waals surface area contributed by atoms with Crippen LogP contribution in [0.4, 0.5) is 0 Å². The molecule has 5 heteroatoms. The Labute approximate surface area is 233 Å². The molecule has 1 aromatic rings. The fourth-order valence-electron chi connectivity index (χ4n) is 10.8. The van der Waals surface area contributed by atoms with Gasteiger partial charge in [-0.2, -0.15) is 0 Å². The topological polar surface area (TPSA) is 61.8 Å². The predicted molar refractivity (Wildman–Crippen MR) is 148 cm³/mol. The van der Waals surface area contributed by atoms with Gasteiger partial charge in [0.15, 0.2) is 5.79 Å². The highest BCUT2D eigenvalue weighted by molar-refractivity contribution is 5.89. The fourth-order valence-corrected chi connectivity index (χ4v) is 10.8. The predicted octanol–water partition coefficient (Wildman–Crippen LogP) is 6.84. The number of hydrogen-bond donors (Lipinski definition) is 0. The summed E-state index contributed by atoms with van der Waals surface area (Å²) in [5.74, 6) is 2.84. The summed E-state index contributed by atoms with van der Waals surface area (Å²) in [6.07, 6.45) is 9.17. The molecule has 0 unspecified atom stereocenters. The molecule has 212 valence electrons. The largest absolute Gasteiger partial charge is 0.459 e. The lowest BCUT2D eigenvalue weighted by Gasteiger charge is -2.60. The van der Waals surface area contributed by atoms with E-state index in [1.807, 2.05) is 30.3 Å². The second-order valence-corrected chi connectivity index (χ2v) is 14.7. The molecule has 39 heavy (non-hydrogen) atoms. The highest BCUT2D eigenvalue weighted by atomic mass is 16.7. The van der Waals surface area contributed by atoms with Crippen molar-refractivity contribution in [3.8, 4) is 0 Å². The maximum Gasteiger partial charge on any atom is 0.338 e. The standard InChI is InChI=1S/C34H46O5/c1-20-12-15-34(37-19-20)21(2)30-28(39-34)17-27-25-11-10-23-16-24(38-31(36)22-8-6-5-7-9-22)13-14-32(23,3)26(25)18-29(35)33(27,30)4/h5-9,20-21,23-28,30H,10-19H2,1-4H3/t20-,21+,23-,24-,25-,26+,27-,28+,30-,32+,33-,34+/m1/s1. The number of esters is 1. The highest BCUT2D eigenvalue weighted by Crippen LogP contribution is 2.70. The van der Waals surface area contributed by atoms with Crippen molar-refractivity contribution in [2.45, 2.75) is 103 Å². The van der Waals surface area contributed by atoms with Crippen LogP contribution in [0.25, 0.3) is 0 Å². The number of benzene rings is 1. The number of fused-ring (bicyclic) bond motifs is 7. The number of hydrogen-bond acceptors (Lipinski definition) is 5. The first-order valence-corrected chi connectivity index (χ1v) is 15.8. The summed E-state index contributed by atoms with van der Waals surface area (Å²) in [5.41, 5.74) is 0.473. The van der Waals surface area contributed by atoms with Crippen molar-refractivity contribution in [1.29, 1.82) is 0 Å². The van der Waals surface area contributed by atoms with Gasteiger partial charge in [-0.25, -0.2) is 4.79 Å². The zero-order valence-electron chi connectivity index (χ0n) is 24.2. The molecule has 6 aliphatic rings. The van der Waals surface area contributed by atoms with Crippen LogP contribution in [0.2, 0.25) is 0 Å². The fraction of sp³-hybridized carbons (Fsp3) is 0.765. The van der Waals surface area contributed by atoms with Crippen LogP contribution in [0.1, 0.15) is 95.8 Å². The Balaban J connectivity index is 1.08. The van der Waals surface area contributed by atoms with Crippen molar-refractivity contribution < 1.29 is 23.8 Å². The molecule has 7 rings (SSSR count). The van der Waals surface area contributed by atoms with E-state index >= 15 is 0 Å². The van der Waals surface area contributed by atoms with E-state index in [1.54, 1.807) is 0 Å². The van der Waals surface area contributed by atoms with E-state index in [2.05, 4.69) is 27.7 Å². The molecular formula is C34H46O5. The third-order valence-corrected chi connectivity index (χ3v) is 13.0. The molecule has 2 aliphatic heterocycles. The molecule has 1 aromatic carbocycles. The van der Waals surface area contributed by atoms with Crippen LogP contribution in [-0.2, 0) is 19.0 Å². The van der Waals surface area contributed by atoms with Gasteiger partial charge in [-0.3, -0.25) is 4.79 Å². The Hall–Kier alpha value is -1.72. The van der Waals surface area contributed by atoms with Crippen molar-refractivity contribution in [3.05, 3.63) is 35.9 Å². The highest BCUT2D eigenvalue weighted by Gasteiger charge is 2.71. The normalized spacial score (nSPS) is 50.6. The van der Waals surface area contributed by atoms with Gasteiger partial charge in [0.25, 0.3) is 0 Å². The average molecular weight is 535 g/mol. The van der Waals surface area contributed by atoms with Gasteiger partial charge in [0, 0.05) is 30.1 Å². The summed E-state index contributed by atoms with van der Waals surface area (Å²) in [7, 11) is 0. The molecule has 0 aromatic heterocycles. The molecular weight excluding hydrogens is 488 g/mol. The molecule has 1 spiro atoms. The number of Topliss-reactive ketones (excluding diaryl/α,β-unsaturated/α-hetero) is 1. The van der Waals surface area contributed by atoms with E-state index in [4.69, 9.17) is 14.2 Å². The third kappa shape index (κ3) is 3.77. The maximum absolute atomic E-state index is 14.3. The zero-order valence-corrected chi connectivity index (χ0v) is 24.2. The van der Waals surface area contributed by atoms with Crippen LogP contribution in [0.3, 0.4) is 0 Å². The van der Waals surface area contributed by atoms with Crippen LogP contribution in [0, 0.1) is 52.3 Å². The van der Waals surface area contributed by atoms with Crippen LogP contribution < -0.4 is 0 Å². The molecule has 4 aliphatic carbocycles. The molecule has 2 heterocycles. The van der Waals surface area contributed by atoms with Crippen molar-refractivity contribution >= 4 is 11.8 Å². The molecule has 5 nitrogen and oxygen atoms in total. The number of ketones is 1. The Morgan fingerprint density at radius 1 is 0.974 bits per heavy atom. The number of carbonyl (C=O) groups is 2. The van der Waals surface area contributed by atoms with E-state index in [9.17, 15) is 9.59 Å². The smallest absolute Gasteiger partial charge is 0.338 e. The van der Waals surface area contributed by atoms with Gasteiger partial charge in [-0.1, -0.05) is 45.9 Å². The lowest BCUT2D eigenvalue weighted by molar-refractivity contribution is -0.272. The lowest BCUT2D eigenvalue weighted by atomic mass is 9.44. The molecule has 0 bridgehead atoms. The quantitative estimate of drug-likeness (QED) is 0.389. The van der Waals surface area contributed by atoms with Crippen molar-refractivity contribution in [1.82, 2.24) is 0 Å². The summed E-state index contributed by atoms with van der Waals surface area (Å²) in [5, 5.41) is 0. The number of ether oxygens (including phenoxy) is 3. The van der Waals surface area contributed by atoms with Crippen LogP contribution in [0.5, 0.6) is 0 Å². The van der Waals surface area contributed by atoms with Crippen LogP contribution in [-0.4, -0.2) is 36.4 Å². The molecule has 12 atom stereocenters. The molecule has 0 radical (unpaired) electrons. The molecule has 0 N–H and O–H groups in total. The molecule has 6 fully saturated rings. The summed E-state index contributed by atoms with van der Waals surface area (Å²) < 4.78 is 19.3. The van der Waals surface area contributed by atoms with E-state index in [0.717, 1.165) is 45.1 Å². The monoisotopic (exact) mass is 534 g/mol. The summed E-state index contributed by atoms with van der Waals surface area (Å²) in [6.45, 7) is 10.1. The molecule has 2 saturated heterocycles. The minimum absolute atomic E-state index is 0.0219. The lowest BCUT2D eigenvalue weighted by Crippen LogP contribution is -2.58. The Morgan fingerprint density at radius 2 is 1.77 bits per heavy atom. The van der Waals surface area contributed by atoms with Gasteiger partial charge in [-0.15, -0.1) is 0 Å². The number of carbonyl (C=O) groups excluding carboxylic acids is 2. The first-order valence-electron chi connectivity index (χ1n) is 15.8. The van der Waals surface area contributed by atoms with Crippen molar-refractivity contribution in [3.63, 3.8) is 0 Å². The van der Waals surface area contributed by atoms with Gasteiger partial charge in [0.2, 0.25) is 0 Å². The summed E-state index contributed by atoms with van der Waals surface area (Å²) >= 11 is 0. The molecule has 4 saturated carbocycles. The summed E-state index contributed by atoms with van der Waals surface area (Å²) in [4.78, 5) is 27.0. The van der Waals surface area contributed by atoms with Crippen LogP contribution >= 0.6 is 0 Å². The van der Waals surface area contributed by atoms with Crippen molar-refractivity contribution in [2.75, 3.05) is 6.61 Å². The SMILES string of the molecule is C[C@@H]1CC[C@]2(OC1)O[C@H]1C[C@@H]3[C@@H]4CC[C@@H]5C[C@H](OC(=O)c6ccccc6)CC[C@]5(C)[C@H]4CC(=O)[C@]3(C)[C@@H]1[C@@H]2C. The van der Waals surface area contributed by atoms with Crippen molar-refractivity contribution in [2.24, 2.45) is 52.3 Å². The Bertz CT molecular complexity index is 1120. The maximum atomic E-state index is 14.3. The van der Waals surface area contributed by atoms with Gasteiger partial charge >= 0.3 is 5.97 Å². The van der Waals surface area contributed by atoms with Crippen LogP contribution in [0.15, 0.2) is 30.3 Å². The first kappa shape index (κ1) is 26.2. The number of rotatable bonds is 2. The second kappa shape index (κ2) is 9.14. The average Bonchev–Trinajstić information content (AvgIpc) is 3.38. The first-order chi connectivity index (χ1) is 18.7. The minimum atomic E-state index is -0.480. The second-order valence-electron chi connectivity index (χ2n) is 14.7. The van der Waals surface area contributed by atoms with Gasteiger partial charge < -0.3 is 14.2 Å². The Kier molecular flexibility index (Phi) is 6.14. The summed E-state index contributed by atoms with van der Waals surface area (Å²) in [6, 6.07) is 9.35. The van der Waals surface area contributed by atoms with E-state index < -0.39 is 5.79 Å². The molecule has 0 amide bonds. The Morgan fingerprint density at radius 3 is 2.51 bits per heavy atom. The van der Waals surface area contributed by atoms with Gasteiger partial charge in [-0.05, 0) is 92.1 Å². The van der Waals surface area contributed by atoms with E-state index in [0.29, 0.717) is 47.4 Å². The zero-order chi connectivity index (χ0) is 27.2. The van der Waals surface area contributed by atoms with Gasteiger partial charge in [0.1, 0.15) is 11.9 Å².